The third-order valence-electron chi connectivity index (χ3n) is 4.45. The second-order valence-electron chi connectivity index (χ2n) is 6.19. The van der Waals surface area contributed by atoms with Crippen molar-refractivity contribution in [2.75, 3.05) is 0 Å². The van der Waals surface area contributed by atoms with Crippen molar-refractivity contribution in [2.24, 2.45) is 0 Å². The van der Waals surface area contributed by atoms with E-state index in [-0.39, 0.29) is 27.8 Å². The van der Waals surface area contributed by atoms with Crippen molar-refractivity contribution in [1.29, 1.82) is 0 Å². The zero-order valence-corrected chi connectivity index (χ0v) is 14.5. The zero-order chi connectivity index (χ0) is 18.3. The van der Waals surface area contributed by atoms with Crippen LogP contribution in [0.3, 0.4) is 0 Å². The van der Waals surface area contributed by atoms with Gasteiger partial charge in [-0.2, -0.15) is 8.42 Å². The molecule has 0 spiro atoms. The fourth-order valence-electron chi connectivity index (χ4n) is 3.12. The summed E-state index contributed by atoms with van der Waals surface area (Å²) in [5.41, 5.74) is 1.22. The second-order valence-corrected chi connectivity index (χ2v) is 7.95. The van der Waals surface area contributed by atoms with Crippen molar-refractivity contribution in [3.05, 3.63) is 71.8 Å². The number of nitrogens with zero attached hydrogens (tertiary/aromatic N) is 2. The molecule has 0 atom stereocenters. The lowest BCUT2D eigenvalue weighted by Gasteiger charge is -2.13. The molecule has 0 bridgehead atoms. The van der Waals surface area contributed by atoms with E-state index < -0.39 is 15.8 Å². The van der Waals surface area contributed by atoms with Crippen LogP contribution in [0, 0.1) is 5.82 Å². The summed E-state index contributed by atoms with van der Waals surface area (Å²) in [7, 11) is -4.07. The van der Waals surface area contributed by atoms with Gasteiger partial charge in [0.15, 0.2) is 11.3 Å². The van der Waals surface area contributed by atoms with E-state index in [1.807, 2.05) is 0 Å². The van der Waals surface area contributed by atoms with Crippen LogP contribution < -0.4 is 0 Å². The van der Waals surface area contributed by atoms with Gasteiger partial charge in [0, 0.05) is 23.5 Å². The lowest BCUT2D eigenvalue weighted by Crippen LogP contribution is -2.15. The topological polar surface area (TPSA) is 69.0 Å². The summed E-state index contributed by atoms with van der Waals surface area (Å²) in [6, 6.07) is 10.5. The molecule has 7 heteroatoms. The minimum absolute atomic E-state index is 0.0602. The minimum atomic E-state index is -4.07. The number of rotatable bonds is 5. The monoisotopic (exact) mass is 370 g/mol. The quantitative estimate of drug-likeness (QED) is 0.643. The highest BCUT2D eigenvalue weighted by Gasteiger charge is 2.35. The Morgan fingerprint density at radius 2 is 1.85 bits per heavy atom. The number of halogens is 1. The van der Waals surface area contributed by atoms with Crippen molar-refractivity contribution in [3.8, 4) is 11.3 Å². The van der Waals surface area contributed by atoms with Crippen LogP contribution in [0.4, 0.5) is 4.39 Å². The van der Waals surface area contributed by atoms with Gasteiger partial charge < -0.3 is 0 Å². The average Bonchev–Trinajstić information content (AvgIpc) is 3.42. The highest BCUT2D eigenvalue weighted by atomic mass is 32.2. The third-order valence-corrected chi connectivity index (χ3v) is 6.02. The normalized spacial score (nSPS) is 14.3. The third kappa shape index (κ3) is 2.64. The summed E-state index contributed by atoms with van der Waals surface area (Å²) < 4.78 is 41.8. The Morgan fingerprint density at radius 1 is 1.12 bits per heavy atom. The number of aldehydes is 1. The first-order valence-electron chi connectivity index (χ1n) is 8.16. The van der Waals surface area contributed by atoms with Gasteiger partial charge in [-0.15, -0.1) is 0 Å². The van der Waals surface area contributed by atoms with Crippen LogP contribution in [0.25, 0.3) is 11.3 Å². The first-order valence-corrected chi connectivity index (χ1v) is 9.60. The SMILES string of the molecule is O=Cc1cn(S(=O)(=O)c2ccccn2)c(-c2ccccc2F)c1C1CC1. The molecule has 0 amide bonds. The van der Waals surface area contributed by atoms with Gasteiger partial charge in [-0.05, 0) is 48.6 Å². The van der Waals surface area contributed by atoms with Gasteiger partial charge in [-0.3, -0.25) is 4.79 Å². The summed E-state index contributed by atoms with van der Waals surface area (Å²) in [5.74, 6) is -0.479. The molecule has 1 aliphatic rings. The first kappa shape index (κ1) is 16.7. The maximum absolute atomic E-state index is 14.5. The Hall–Kier alpha value is -2.80. The van der Waals surface area contributed by atoms with E-state index in [0.29, 0.717) is 11.8 Å². The van der Waals surface area contributed by atoms with E-state index in [1.165, 1.54) is 36.7 Å². The average molecular weight is 370 g/mol. The Kier molecular flexibility index (Phi) is 3.96. The van der Waals surface area contributed by atoms with Crippen LogP contribution in [0.1, 0.15) is 34.7 Å². The van der Waals surface area contributed by atoms with E-state index in [0.717, 1.165) is 16.8 Å². The van der Waals surface area contributed by atoms with Gasteiger partial charge in [0.25, 0.3) is 10.0 Å². The number of benzene rings is 1. The van der Waals surface area contributed by atoms with Gasteiger partial charge in [0.05, 0.1) is 5.69 Å². The molecule has 1 aliphatic carbocycles. The largest absolute Gasteiger partial charge is 0.298 e. The number of pyridine rings is 1. The van der Waals surface area contributed by atoms with E-state index in [4.69, 9.17) is 0 Å². The molecule has 2 heterocycles. The van der Waals surface area contributed by atoms with Crippen molar-refractivity contribution in [2.45, 2.75) is 23.8 Å². The van der Waals surface area contributed by atoms with Gasteiger partial charge >= 0.3 is 0 Å². The van der Waals surface area contributed by atoms with E-state index in [2.05, 4.69) is 4.98 Å². The van der Waals surface area contributed by atoms with Gasteiger partial charge in [0.2, 0.25) is 0 Å². The van der Waals surface area contributed by atoms with E-state index in [9.17, 15) is 17.6 Å². The standard InChI is InChI=1S/C19H15FN2O3S/c20-16-6-2-1-5-15(16)19-18(13-8-9-13)14(12-23)11-22(19)26(24,25)17-7-3-4-10-21-17/h1-7,10-13H,8-9H2. The minimum Gasteiger partial charge on any atom is -0.298 e. The summed E-state index contributed by atoms with van der Waals surface area (Å²) in [4.78, 5) is 15.5. The molecule has 1 saturated carbocycles. The lowest BCUT2D eigenvalue weighted by atomic mass is 10.0. The lowest BCUT2D eigenvalue weighted by molar-refractivity contribution is 0.112. The van der Waals surface area contributed by atoms with Crippen molar-refractivity contribution in [3.63, 3.8) is 0 Å². The second kappa shape index (κ2) is 6.17. The maximum atomic E-state index is 14.5. The molecule has 4 rings (SSSR count). The summed E-state index contributed by atoms with van der Waals surface area (Å²) >= 11 is 0. The predicted molar refractivity (Wildman–Crippen MR) is 94.0 cm³/mol. The highest BCUT2D eigenvalue weighted by Crippen LogP contribution is 2.47. The van der Waals surface area contributed by atoms with Crippen molar-refractivity contribution >= 4 is 16.3 Å². The molecule has 0 aliphatic heterocycles. The summed E-state index contributed by atoms with van der Waals surface area (Å²) in [5, 5.41) is -0.160. The molecule has 0 unspecified atom stereocenters. The zero-order valence-electron chi connectivity index (χ0n) is 13.7. The van der Waals surface area contributed by atoms with Crippen LogP contribution in [0.15, 0.2) is 59.9 Å². The number of carbonyl (C=O) groups is 1. The molecular formula is C19H15FN2O3S. The van der Waals surface area contributed by atoms with Crippen molar-refractivity contribution in [1.82, 2.24) is 8.96 Å². The molecule has 2 aromatic heterocycles. The Bertz CT molecular complexity index is 1090. The van der Waals surface area contributed by atoms with Crippen LogP contribution in [0.5, 0.6) is 0 Å². The molecule has 3 aromatic rings. The molecule has 132 valence electrons. The molecule has 0 saturated heterocycles. The van der Waals surface area contributed by atoms with Gasteiger partial charge in [0.1, 0.15) is 5.82 Å². The van der Waals surface area contributed by atoms with Crippen LogP contribution in [-0.2, 0) is 10.0 Å². The number of hydrogen-bond donors (Lipinski definition) is 0. The van der Waals surface area contributed by atoms with Crippen LogP contribution >= 0.6 is 0 Å². The summed E-state index contributed by atoms with van der Waals surface area (Å²) in [6.45, 7) is 0. The smallest absolute Gasteiger partial charge is 0.285 e. The molecule has 26 heavy (non-hydrogen) atoms. The van der Waals surface area contributed by atoms with Crippen LogP contribution in [0.2, 0.25) is 0 Å². The maximum Gasteiger partial charge on any atom is 0.285 e. The van der Waals surface area contributed by atoms with E-state index in [1.54, 1.807) is 18.2 Å². The number of carbonyl (C=O) groups excluding carboxylic acids is 1. The fourth-order valence-corrected chi connectivity index (χ4v) is 4.45. The predicted octanol–water partition coefficient (Wildman–Crippen LogP) is 3.62. The first-order chi connectivity index (χ1) is 12.5. The number of aromatic nitrogens is 2. The Labute approximate surface area is 150 Å². The van der Waals surface area contributed by atoms with Gasteiger partial charge in [-0.1, -0.05) is 18.2 Å². The van der Waals surface area contributed by atoms with E-state index >= 15 is 0 Å². The van der Waals surface area contributed by atoms with Crippen LogP contribution in [-0.4, -0.2) is 23.7 Å². The molecule has 1 aromatic carbocycles. The number of hydrogen-bond acceptors (Lipinski definition) is 4. The van der Waals surface area contributed by atoms with Crippen molar-refractivity contribution < 1.29 is 17.6 Å². The molecule has 1 fully saturated rings. The molecular weight excluding hydrogens is 355 g/mol. The molecule has 5 nitrogen and oxygen atoms in total. The van der Waals surface area contributed by atoms with Gasteiger partial charge in [-0.25, -0.2) is 13.3 Å². The fraction of sp³-hybridized carbons (Fsp3) is 0.158. The summed E-state index contributed by atoms with van der Waals surface area (Å²) in [6.07, 6.45) is 4.96. The molecule has 0 N–H and O–H groups in total. The Morgan fingerprint density at radius 3 is 2.46 bits per heavy atom. The molecule has 0 radical (unpaired) electrons. The Balaban J connectivity index is 2.05. The highest BCUT2D eigenvalue weighted by molar-refractivity contribution is 7.90.